The topological polar surface area (TPSA) is 102 Å². The number of carbonyl (C=O) groups is 1. The Kier molecular flexibility index (Phi) is 8.97. The fourth-order valence-corrected chi connectivity index (χ4v) is 2.20. The number of nitrogens with zero attached hydrogens (tertiary/aromatic N) is 1. The van der Waals surface area contributed by atoms with Crippen LogP contribution in [0.2, 0.25) is 0 Å². The molecule has 142 valence electrons. The van der Waals surface area contributed by atoms with Gasteiger partial charge in [-0.2, -0.15) is 0 Å². The van der Waals surface area contributed by atoms with Crippen molar-refractivity contribution in [3.63, 3.8) is 0 Å². The molecule has 0 spiro atoms. The van der Waals surface area contributed by atoms with Crippen LogP contribution in [0.3, 0.4) is 0 Å². The van der Waals surface area contributed by atoms with Crippen molar-refractivity contribution in [2.24, 2.45) is 10.7 Å². The number of carbonyl (C=O) groups excluding carboxylic acids is 1. The van der Waals surface area contributed by atoms with Crippen LogP contribution in [-0.2, 0) is 6.54 Å². The molecule has 1 unspecified atom stereocenters. The monoisotopic (exact) mass is 472 g/mol. The van der Waals surface area contributed by atoms with E-state index in [4.69, 9.17) is 14.9 Å². The Morgan fingerprint density at radius 2 is 2.08 bits per heavy atom. The highest BCUT2D eigenvalue weighted by molar-refractivity contribution is 14.0. The fourth-order valence-electron chi connectivity index (χ4n) is 2.20. The average Bonchev–Trinajstić information content (AvgIpc) is 3.04. The van der Waals surface area contributed by atoms with Crippen LogP contribution in [0.15, 0.2) is 45.8 Å². The molecule has 0 saturated heterocycles. The lowest BCUT2D eigenvalue weighted by molar-refractivity contribution is 0.0972. The molecule has 2 rings (SSSR count). The molecule has 0 radical (unpaired) electrons. The third-order valence-electron chi connectivity index (χ3n) is 3.44. The number of amides is 1. The Bertz CT molecular complexity index is 746. The van der Waals surface area contributed by atoms with Crippen molar-refractivity contribution in [2.75, 3.05) is 13.6 Å². The van der Waals surface area contributed by atoms with Gasteiger partial charge in [0.1, 0.15) is 17.6 Å². The van der Waals surface area contributed by atoms with Crippen LogP contribution >= 0.6 is 24.0 Å². The number of aliphatic imine (C=N–C) groups is 1. The molecule has 8 heteroatoms. The van der Waals surface area contributed by atoms with Crippen molar-refractivity contribution in [1.29, 1.82) is 0 Å². The number of nitrogens with two attached hydrogens (primary N) is 1. The van der Waals surface area contributed by atoms with Gasteiger partial charge >= 0.3 is 0 Å². The standard InChI is InChI=1S/C18H24N4O3.HI/c1-12-5-4-6-14(9-12)24-13(2)10-21-18(20-3)22-11-15-7-8-16(25-15)17(19)23;/h4-9,13H,10-11H2,1-3H3,(H2,19,23)(H2,20,21,22);1H. The van der Waals surface area contributed by atoms with Gasteiger partial charge in [0.2, 0.25) is 0 Å². The summed E-state index contributed by atoms with van der Waals surface area (Å²) in [7, 11) is 1.68. The minimum Gasteiger partial charge on any atom is -0.489 e. The van der Waals surface area contributed by atoms with Crippen molar-refractivity contribution >= 4 is 35.8 Å². The van der Waals surface area contributed by atoms with Gasteiger partial charge in [-0.05, 0) is 43.7 Å². The third-order valence-corrected chi connectivity index (χ3v) is 3.44. The van der Waals surface area contributed by atoms with Crippen LogP contribution < -0.4 is 21.1 Å². The molecule has 2 aromatic rings. The maximum atomic E-state index is 11.0. The molecule has 1 amide bonds. The van der Waals surface area contributed by atoms with Gasteiger partial charge in [-0.3, -0.25) is 9.79 Å². The van der Waals surface area contributed by atoms with Gasteiger partial charge in [-0.1, -0.05) is 12.1 Å². The maximum absolute atomic E-state index is 11.0. The number of aryl methyl sites for hydroxylation is 1. The normalized spacial score (nSPS) is 12.0. The Balaban J connectivity index is 0.00000338. The summed E-state index contributed by atoms with van der Waals surface area (Å²) in [6, 6.07) is 11.2. The number of rotatable bonds is 7. The first kappa shape index (κ1) is 21.8. The molecule has 7 nitrogen and oxygen atoms in total. The summed E-state index contributed by atoms with van der Waals surface area (Å²) in [5.41, 5.74) is 6.32. The highest BCUT2D eigenvalue weighted by Gasteiger charge is 2.09. The van der Waals surface area contributed by atoms with Crippen molar-refractivity contribution in [3.8, 4) is 5.75 Å². The number of halogens is 1. The zero-order valence-electron chi connectivity index (χ0n) is 15.1. The summed E-state index contributed by atoms with van der Waals surface area (Å²) < 4.78 is 11.2. The quantitative estimate of drug-likeness (QED) is 0.327. The number of furan rings is 1. The predicted molar refractivity (Wildman–Crippen MR) is 112 cm³/mol. The second-order valence-corrected chi connectivity index (χ2v) is 5.68. The summed E-state index contributed by atoms with van der Waals surface area (Å²) >= 11 is 0. The van der Waals surface area contributed by atoms with Crippen LogP contribution in [0.25, 0.3) is 0 Å². The van der Waals surface area contributed by atoms with Gasteiger partial charge in [-0.25, -0.2) is 0 Å². The number of primary amides is 1. The van der Waals surface area contributed by atoms with E-state index in [9.17, 15) is 4.79 Å². The first-order chi connectivity index (χ1) is 12.0. The molecule has 1 aromatic heterocycles. The second kappa shape index (κ2) is 10.7. The second-order valence-electron chi connectivity index (χ2n) is 5.68. The SMILES string of the molecule is CN=C(NCc1ccc(C(N)=O)o1)NCC(C)Oc1cccc(C)c1.I. The zero-order chi connectivity index (χ0) is 18.2. The first-order valence-corrected chi connectivity index (χ1v) is 8.04. The molecule has 4 N–H and O–H groups in total. The lowest BCUT2D eigenvalue weighted by Crippen LogP contribution is -2.41. The number of hydrogen-bond acceptors (Lipinski definition) is 4. The lowest BCUT2D eigenvalue weighted by atomic mass is 10.2. The Labute approximate surface area is 170 Å². The Morgan fingerprint density at radius 3 is 2.69 bits per heavy atom. The van der Waals surface area contributed by atoms with Crippen molar-refractivity contribution in [1.82, 2.24) is 10.6 Å². The van der Waals surface area contributed by atoms with Crippen molar-refractivity contribution in [2.45, 2.75) is 26.5 Å². The smallest absolute Gasteiger partial charge is 0.284 e. The number of hydrogen-bond donors (Lipinski definition) is 3. The fraction of sp³-hybridized carbons (Fsp3) is 0.333. The Hall–Kier alpha value is -2.23. The number of benzene rings is 1. The molecule has 0 bridgehead atoms. The van der Waals surface area contributed by atoms with Crippen LogP contribution in [0.1, 0.15) is 28.8 Å². The average molecular weight is 472 g/mol. The summed E-state index contributed by atoms with van der Waals surface area (Å²) in [5.74, 6) is 1.60. The molecule has 1 aromatic carbocycles. The van der Waals surface area contributed by atoms with E-state index >= 15 is 0 Å². The van der Waals surface area contributed by atoms with E-state index in [2.05, 4.69) is 15.6 Å². The number of nitrogens with one attached hydrogen (secondary N) is 2. The molecule has 26 heavy (non-hydrogen) atoms. The van der Waals surface area contributed by atoms with Crippen molar-refractivity contribution < 1.29 is 13.9 Å². The van der Waals surface area contributed by atoms with E-state index in [1.54, 1.807) is 19.2 Å². The van der Waals surface area contributed by atoms with Gasteiger partial charge in [0.15, 0.2) is 11.7 Å². The van der Waals surface area contributed by atoms with E-state index in [0.29, 0.717) is 24.8 Å². The Morgan fingerprint density at radius 1 is 1.31 bits per heavy atom. The van der Waals surface area contributed by atoms with Crippen molar-refractivity contribution in [3.05, 3.63) is 53.5 Å². The number of ether oxygens (including phenoxy) is 1. The van der Waals surface area contributed by atoms with Gasteiger partial charge < -0.3 is 25.5 Å². The van der Waals surface area contributed by atoms with Crippen LogP contribution in [0, 0.1) is 6.92 Å². The lowest BCUT2D eigenvalue weighted by Gasteiger charge is -2.17. The summed E-state index contributed by atoms with van der Waals surface area (Å²) in [6.45, 7) is 4.98. The van der Waals surface area contributed by atoms with Gasteiger partial charge in [0, 0.05) is 7.05 Å². The zero-order valence-corrected chi connectivity index (χ0v) is 17.4. The molecule has 1 atom stereocenters. The van der Waals surface area contributed by atoms with Gasteiger partial charge in [0.25, 0.3) is 5.91 Å². The highest BCUT2D eigenvalue weighted by Crippen LogP contribution is 2.13. The summed E-state index contributed by atoms with van der Waals surface area (Å²) in [4.78, 5) is 15.2. The largest absolute Gasteiger partial charge is 0.489 e. The first-order valence-electron chi connectivity index (χ1n) is 8.04. The van der Waals surface area contributed by atoms with E-state index in [1.165, 1.54) is 0 Å². The summed E-state index contributed by atoms with van der Waals surface area (Å²) in [5, 5.41) is 6.29. The molecule has 1 heterocycles. The van der Waals surface area contributed by atoms with E-state index < -0.39 is 5.91 Å². The molecule has 0 aliphatic heterocycles. The molecular formula is C18H25IN4O3. The third kappa shape index (κ3) is 6.95. The van der Waals surface area contributed by atoms with Crippen LogP contribution in [0.5, 0.6) is 5.75 Å². The molecule has 0 saturated carbocycles. The van der Waals surface area contributed by atoms with Crippen LogP contribution in [0.4, 0.5) is 0 Å². The number of guanidine groups is 1. The molecule has 0 aliphatic rings. The summed E-state index contributed by atoms with van der Waals surface area (Å²) in [6.07, 6.45) is -0.0366. The predicted octanol–water partition coefficient (Wildman–Crippen LogP) is 2.44. The van der Waals surface area contributed by atoms with Gasteiger partial charge in [0.05, 0.1) is 13.1 Å². The molecular weight excluding hydrogens is 447 g/mol. The van der Waals surface area contributed by atoms with E-state index in [0.717, 1.165) is 11.3 Å². The highest BCUT2D eigenvalue weighted by atomic mass is 127. The molecule has 0 aliphatic carbocycles. The van der Waals surface area contributed by atoms with Crippen LogP contribution in [-0.4, -0.2) is 31.6 Å². The molecule has 0 fully saturated rings. The van der Waals surface area contributed by atoms with Gasteiger partial charge in [-0.15, -0.1) is 24.0 Å². The minimum atomic E-state index is -0.587. The van der Waals surface area contributed by atoms with E-state index in [-0.39, 0.29) is 35.8 Å². The minimum absolute atomic E-state index is 0. The maximum Gasteiger partial charge on any atom is 0.284 e. The van der Waals surface area contributed by atoms with E-state index in [1.807, 2.05) is 38.1 Å².